The largest absolute Gasteiger partial charge is 0.395 e. The number of hydrogen-bond donors (Lipinski definition) is 3. The summed E-state index contributed by atoms with van der Waals surface area (Å²) in [4.78, 5) is 10.0. The van der Waals surface area contributed by atoms with Gasteiger partial charge in [-0.2, -0.15) is 0 Å². The van der Waals surface area contributed by atoms with Crippen molar-refractivity contribution < 1.29 is 22.7 Å². The lowest BCUT2D eigenvalue weighted by molar-refractivity contribution is -0.117. The Hall–Kier alpha value is -1.95. The van der Waals surface area contributed by atoms with Crippen LogP contribution in [0.5, 0.6) is 0 Å². The van der Waals surface area contributed by atoms with Crippen molar-refractivity contribution in [2.24, 2.45) is 5.73 Å². The van der Waals surface area contributed by atoms with Crippen LogP contribution in [0.2, 0.25) is 0 Å². The highest BCUT2D eigenvalue weighted by molar-refractivity contribution is 7.89. The van der Waals surface area contributed by atoms with Crippen LogP contribution in [0.3, 0.4) is 0 Å². The van der Waals surface area contributed by atoms with E-state index in [2.05, 4.69) is 16.6 Å². The molecule has 8 heteroatoms. The Labute approximate surface area is 122 Å². The molecular formula is C13H15FN2O4S. The molecule has 0 heterocycles. The second-order valence-corrected chi connectivity index (χ2v) is 5.77. The third kappa shape index (κ3) is 5.51. The van der Waals surface area contributed by atoms with Gasteiger partial charge in [0.15, 0.2) is 0 Å². The summed E-state index contributed by atoms with van der Waals surface area (Å²) < 4.78 is 39.6. The maximum absolute atomic E-state index is 13.8. The summed E-state index contributed by atoms with van der Waals surface area (Å²) in [5.41, 5.74) is 5.19. The predicted molar refractivity (Wildman–Crippen MR) is 74.0 cm³/mol. The lowest BCUT2D eigenvalue weighted by atomic mass is 10.2. The molecule has 6 nitrogen and oxygen atoms in total. The Morgan fingerprint density at radius 1 is 1.43 bits per heavy atom. The normalized spacial score (nSPS) is 10.8. The first kappa shape index (κ1) is 17.1. The van der Waals surface area contributed by atoms with Gasteiger partial charge < -0.3 is 10.8 Å². The summed E-state index contributed by atoms with van der Waals surface area (Å²) in [6, 6.07) is 3.44. The number of aliphatic hydroxyl groups excluding tert-OH is 1. The van der Waals surface area contributed by atoms with Gasteiger partial charge in [0, 0.05) is 24.9 Å². The minimum Gasteiger partial charge on any atom is -0.395 e. The van der Waals surface area contributed by atoms with E-state index in [1.54, 1.807) is 0 Å². The molecule has 4 N–H and O–H groups in total. The highest BCUT2D eigenvalue weighted by Crippen LogP contribution is 2.15. The molecule has 0 fully saturated rings. The molecule has 0 bridgehead atoms. The Kier molecular flexibility index (Phi) is 6.30. The summed E-state index contributed by atoms with van der Waals surface area (Å²) in [7, 11) is -4.05. The van der Waals surface area contributed by atoms with Gasteiger partial charge in [-0.3, -0.25) is 4.79 Å². The lowest BCUT2D eigenvalue weighted by Crippen LogP contribution is -2.28. The maximum atomic E-state index is 13.8. The van der Waals surface area contributed by atoms with Gasteiger partial charge in [-0.1, -0.05) is 11.8 Å². The Balaban J connectivity index is 2.89. The number of halogens is 1. The molecule has 1 aromatic carbocycles. The van der Waals surface area contributed by atoms with Crippen LogP contribution < -0.4 is 10.5 Å². The number of sulfonamides is 1. The fourth-order valence-corrected chi connectivity index (χ4v) is 2.49. The van der Waals surface area contributed by atoms with Gasteiger partial charge in [0.25, 0.3) is 0 Å². The van der Waals surface area contributed by atoms with Crippen LogP contribution in [0.1, 0.15) is 18.4 Å². The number of amides is 1. The molecule has 0 saturated heterocycles. The smallest absolute Gasteiger partial charge is 0.243 e. The zero-order chi connectivity index (χ0) is 15.9. The van der Waals surface area contributed by atoms with Crippen molar-refractivity contribution in [1.29, 1.82) is 0 Å². The highest BCUT2D eigenvalue weighted by Gasteiger charge is 2.18. The van der Waals surface area contributed by atoms with Crippen molar-refractivity contribution in [1.82, 2.24) is 4.72 Å². The SMILES string of the molecule is NC(=O)CCNS(=O)(=O)c1ccc(C#CCCO)cc1F. The summed E-state index contributed by atoms with van der Waals surface area (Å²) in [5, 5.41) is 8.57. The predicted octanol–water partition coefficient (Wildman–Crippen LogP) is -0.287. The maximum Gasteiger partial charge on any atom is 0.243 e. The van der Waals surface area contributed by atoms with E-state index in [1.807, 2.05) is 0 Å². The van der Waals surface area contributed by atoms with Crippen molar-refractivity contribution in [2.45, 2.75) is 17.7 Å². The number of benzene rings is 1. The summed E-state index contributed by atoms with van der Waals surface area (Å²) >= 11 is 0. The molecule has 0 saturated carbocycles. The molecule has 114 valence electrons. The second kappa shape index (κ2) is 7.73. The van der Waals surface area contributed by atoms with Gasteiger partial charge in [0.1, 0.15) is 10.7 Å². The number of carbonyl (C=O) groups excluding carboxylic acids is 1. The minimum absolute atomic E-state index is 0.105. The summed E-state index contributed by atoms with van der Waals surface area (Å²) in [6.07, 6.45) is 0.0713. The van der Waals surface area contributed by atoms with Gasteiger partial charge in [0.2, 0.25) is 15.9 Å². The molecule has 0 aliphatic carbocycles. The van der Waals surface area contributed by atoms with Gasteiger partial charge >= 0.3 is 0 Å². The van der Waals surface area contributed by atoms with E-state index in [0.717, 1.165) is 12.1 Å². The number of carbonyl (C=O) groups is 1. The van der Waals surface area contributed by atoms with Crippen LogP contribution in [0.4, 0.5) is 4.39 Å². The average molecular weight is 314 g/mol. The van der Waals surface area contributed by atoms with Crippen LogP contribution in [0.15, 0.2) is 23.1 Å². The third-order valence-electron chi connectivity index (χ3n) is 2.35. The fourth-order valence-electron chi connectivity index (χ4n) is 1.40. The molecule has 0 atom stereocenters. The van der Waals surface area contributed by atoms with Gasteiger partial charge in [0.05, 0.1) is 6.61 Å². The van der Waals surface area contributed by atoms with Crippen molar-refractivity contribution in [2.75, 3.05) is 13.2 Å². The molecule has 0 aliphatic rings. The zero-order valence-corrected chi connectivity index (χ0v) is 11.9. The summed E-state index contributed by atoms with van der Waals surface area (Å²) in [6.45, 7) is -0.305. The van der Waals surface area contributed by atoms with E-state index in [4.69, 9.17) is 10.8 Å². The molecule has 0 radical (unpaired) electrons. The van der Waals surface area contributed by atoms with Crippen LogP contribution in [-0.4, -0.2) is 32.6 Å². The molecule has 1 aromatic rings. The standard InChI is InChI=1S/C13H15FN2O4S/c14-11-9-10(3-1-2-8-17)4-5-12(11)21(19,20)16-7-6-13(15)18/h4-5,9,16-17H,2,6-8H2,(H2,15,18). The minimum atomic E-state index is -4.05. The van der Waals surface area contributed by atoms with Crippen LogP contribution in [0, 0.1) is 17.7 Å². The number of nitrogens with one attached hydrogen (secondary N) is 1. The van der Waals surface area contributed by atoms with E-state index in [-0.39, 0.29) is 26.0 Å². The van der Waals surface area contributed by atoms with Crippen LogP contribution in [-0.2, 0) is 14.8 Å². The van der Waals surface area contributed by atoms with Crippen molar-refractivity contribution in [3.8, 4) is 11.8 Å². The van der Waals surface area contributed by atoms with E-state index < -0.39 is 26.6 Å². The van der Waals surface area contributed by atoms with E-state index in [0.29, 0.717) is 5.56 Å². The quantitative estimate of drug-likeness (QED) is 0.627. The third-order valence-corrected chi connectivity index (χ3v) is 3.85. The molecule has 0 aromatic heterocycles. The Morgan fingerprint density at radius 2 is 2.14 bits per heavy atom. The number of primary amides is 1. The number of aliphatic hydroxyl groups is 1. The molecule has 0 aliphatic heterocycles. The number of rotatable bonds is 6. The first-order valence-electron chi connectivity index (χ1n) is 6.04. The van der Waals surface area contributed by atoms with Crippen molar-refractivity contribution in [3.05, 3.63) is 29.6 Å². The van der Waals surface area contributed by atoms with Gasteiger partial charge in [-0.15, -0.1) is 0 Å². The first-order chi connectivity index (χ1) is 9.86. The topological polar surface area (TPSA) is 109 Å². The monoisotopic (exact) mass is 314 g/mol. The molecular weight excluding hydrogens is 299 g/mol. The molecule has 1 rings (SSSR count). The van der Waals surface area contributed by atoms with Gasteiger partial charge in [-0.05, 0) is 18.2 Å². The average Bonchev–Trinajstić information content (AvgIpc) is 2.38. The summed E-state index contributed by atoms with van der Waals surface area (Å²) in [5.74, 6) is 3.59. The molecule has 1 amide bonds. The molecule has 0 unspecified atom stereocenters. The highest BCUT2D eigenvalue weighted by atomic mass is 32.2. The van der Waals surface area contributed by atoms with E-state index >= 15 is 0 Å². The Morgan fingerprint density at radius 3 is 2.71 bits per heavy atom. The van der Waals surface area contributed by atoms with Gasteiger partial charge in [-0.25, -0.2) is 17.5 Å². The molecule has 21 heavy (non-hydrogen) atoms. The zero-order valence-electron chi connectivity index (χ0n) is 11.1. The van der Waals surface area contributed by atoms with E-state index in [1.165, 1.54) is 6.07 Å². The second-order valence-electron chi connectivity index (χ2n) is 4.03. The van der Waals surface area contributed by atoms with Crippen molar-refractivity contribution >= 4 is 15.9 Å². The lowest BCUT2D eigenvalue weighted by Gasteiger charge is -2.07. The van der Waals surface area contributed by atoms with Crippen LogP contribution >= 0.6 is 0 Å². The Bertz CT molecular complexity index is 677. The van der Waals surface area contributed by atoms with E-state index in [9.17, 15) is 17.6 Å². The fraction of sp³-hybridized carbons (Fsp3) is 0.308. The van der Waals surface area contributed by atoms with Crippen molar-refractivity contribution in [3.63, 3.8) is 0 Å². The van der Waals surface area contributed by atoms with Crippen LogP contribution in [0.25, 0.3) is 0 Å². The number of hydrogen-bond acceptors (Lipinski definition) is 4. The first-order valence-corrected chi connectivity index (χ1v) is 7.52. The number of nitrogens with two attached hydrogens (primary N) is 1. The molecule has 0 spiro atoms.